The lowest BCUT2D eigenvalue weighted by Gasteiger charge is -2.14. The van der Waals surface area contributed by atoms with Crippen molar-refractivity contribution in [2.75, 3.05) is 6.54 Å². The van der Waals surface area contributed by atoms with Gasteiger partial charge < -0.3 is 11.5 Å². The summed E-state index contributed by atoms with van der Waals surface area (Å²) in [6, 6.07) is 0.385. The summed E-state index contributed by atoms with van der Waals surface area (Å²) in [5.74, 6) is 0.688. The zero-order chi connectivity index (χ0) is 8.69. The summed E-state index contributed by atoms with van der Waals surface area (Å²) in [5, 5.41) is 0. The second-order valence-electron chi connectivity index (χ2n) is 3.26. The van der Waals surface area contributed by atoms with E-state index in [0.29, 0.717) is 12.0 Å². The Morgan fingerprint density at radius 3 is 2.09 bits per heavy atom. The Balaban J connectivity index is 3.34. The summed E-state index contributed by atoms with van der Waals surface area (Å²) in [6.07, 6.45) is 4.60. The minimum atomic E-state index is 0.385. The van der Waals surface area contributed by atoms with Gasteiger partial charge in [-0.05, 0) is 31.7 Å². The van der Waals surface area contributed by atoms with Gasteiger partial charge in [-0.15, -0.1) is 0 Å². The van der Waals surface area contributed by atoms with Crippen LogP contribution < -0.4 is 11.5 Å². The number of hydrogen-bond acceptors (Lipinski definition) is 2. The predicted octanol–water partition coefficient (Wildman–Crippen LogP) is 1.49. The Kier molecular flexibility index (Phi) is 6.57. The van der Waals surface area contributed by atoms with Gasteiger partial charge in [-0.3, -0.25) is 0 Å². The van der Waals surface area contributed by atoms with Crippen LogP contribution in [0.5, 0.6) is 0 Å². The fourth-order valence-corrected chi connectivity index (χ4v) is 1.14. The topological polar surface area (TPSA) is 52.0 Å². The third-order valence-electron chi connectivity index (χ3n) is 2.38. The van der Waals surface area contributed by atoms with E-state index in [4.69, 9.17) is 11.5 Å². The molecule has 0 rings (SSSR count). The fraction of sp³-hybridized carbons (Fsp3) is 1.00. The first kappa shape index (κ1) is 10.9. The van der Waals surface area contributed by atoms with Crippen LogP contribution in [0, 0.1) is 5.92 Å². The average molecular weight is 158 g/mol. The lowest BCUT2D eigenvalue weighted by Crippen LogP contribution is -2.22. The van der Waals surface area contributed by atoms with E-state index in [1.807, 2.05) is 0 Å². The normalized spacial score (nSPS) is 16.4. The molecular formula is C9H22N2. The van der Waals surface area contributed by atoms with Crippen LogP contribution in [0.3, 0.4) is 0 Å². The van der Waals surface area contributed by atoms with Crippen LogP contribution in [0.15, 0.2) is 0 Å². The van der Waals surface area contributed by atoms with Gasteiger partial charge in [0.15, 0.2) is 0 Å². The van der Waals surface area contributed by atoms with Crippen LogP contribution in [0.1, 0.15) is 39.5 Å². The van der Waals surface area contributed by atoms with Gasteiger partial charge in [-0.25, -0.2) is 0 Å². The van der Waals surface area contributed by atoms with E-state index < -0.39 is 0 Å². The molecule has 0 heterocycles. The molecule has 0 aromatic carbocycles. The fourth-order valence-electron chi connectivity index (χ4n) is 1.14. The zero-order valence-corrected chi connectivity index (χ0v) is 7.84. The minimum Gasteiger partial charge on any atom is -0.330 e. The van der Waals surface area contributed by atoms with Gasteiger partial charge in [0.25, 0.3) is 0 Å². The highest BCUT2D eigenvalue weighted by Crippen LogP contribution is 2.10. The summed E-state index contributed by atoms with van der Waals surface area (Å²) in [6.45, 7) is 5.13. The molecule has 2 nitrogen and oxygen atoms in total. The van der Waals surface area contributed by atoms with Crippen molar-refractivity contribution >= 4 is 0 Å². The van der Waals surface area contributed by atoms with Crippen molar-refractivity contribution in [1.82, 2.24) is 0 Å². The number of hydrogen-bond donors (Lipinski definition) is 2. The lowest BCUT2D eigenvalue weighted by atomic mass is 9.97. The molecule has 11 heavy (non-hydrogen) atoms. The van der Waals surface area contributed by atoms with Crippen molar-refractivity contribution in [1.29, 1.82) is 0 Å². The van der Waals surface area contributed by atoms with Crippen LogP contribution in [0.2, 0.25) is 0 Å². The molecule has 0 aromatic rings. The number of rotatable bonds is 6. The van der Waals surface area contributed by atoms with Crippen molar-refractivity contribution < 1.29 is 0 Å². The molecule has 0 amide bonds. The van der Waals surface area contributed by atoms with Gasteiger partial charge in [-0.1, -0.05) is 20.3 Å². The van der Waals surface area contributed by atoms with E-state index in [2.05, 4.69) is 13.8 Å². The quantitative estimate of drug-likeness (QED) is 0.615. The van der Waals surface area contributed by atoms with E-state index in [0.717, 1.165) is 19.4 Å². The molecule has 2 heteroatoms. The van der Waals surface area contributed by atoms with Crippen LogP contribution >= 0.6 is 0 Å². The molecule has 0 spiro atoms. The molecule has 2 unspecified atom stereocenters. The van der Waals surface area contributed by atoms with E-state index in [1.54, 1.807) is 0 Å². The molecule has 0 fully saturated rings. The van der Waals surface area contributed by atoms with Crippen molar-refractivity contribution in [2.45, 2.75) is 45.6 Å². The van der Waals surface area contributed by atoms with Crippen molar-refractivity contribution in [2.24, 2.45) is 17.4 Å². The maximum absolute atomic E-state index is 5.79. The monoisotopic (exact) mass is 158 g/mol. The molecule has 0 aliphatic heterocycles. The molecule has 0 aliphatic carbocycles. The Morgan fingerprint density at radius 1 is 1.09 bits per heavy atom. The van der Waals surface area contributed by atoms with Gasteiger partial charge in [-0.2, -0.15) is 0 Å². The van der Waals surface area contributed by atoms with Gasteiger partial charge in [0.2, 0.25) is 0 Å². The second-order valence-corrected chi connectivity index (χ2v) is 3.26. The Bertz CT molecular complexity index is 79.6. The summed E-state index contributed by atoms with van der Waals surface area (Å²) in [5.41, 5.74) is 11.4. The first-order valence-corrected chi connectivity index (χ1v) is 4.70. The Hall–Kier alpha value is -0.0800. The first-order valence-electron chi connectivity index (χ1n) is 4.70. The van der Waals surface area contributed by atoms with Gasteiger partial charge >= 0.3 is 0 Å². The first-order chi connectivity index (χ1) is 5.24. The Labute approximate surface area is 70.3 Å². The largest absolute Gasteiger partial charge is 0.330 e. The summed E-state index contributed by atoms with van der Waals surface area (Å²) >= 11 is 0. The highest BCUT2D eigenvalue weighted by Gasteiger charge is 2.05. The van der Waals surface area contributed by atoms with Gasteiger partial charge in [0.05, 0.1) is 0 Å². The third kappa shape index (κ3) is 5.22. The van der Waals surface area contributed by atoms with Crippen LogP contribution in [-0.2, 0) is 0 Å². The minimum absolute atomic E-state index is 0.385. The molecule has 2 atom stereocenters. The highest BCUT2D eigenvalue weighted by atomic mass is 14.6. The van der Waals surface area contributed by atoms with Crippen molar-refractivity contribution in [3.05, 3.63) is 0 Å². The predicted molar refractivity (Wildman–Crippen MR) is 50.3 cm³/mol. The Morgan fingerprint density at radius 2 is 1.73 bits per heavy atom. The van der Waals surface area contributed by atoms with Crippen LogP contribution in [0.4, 0.5) is 0 Å². The van der Waals surface area contributed by atoms with E-state index in [1.165, 1.54) is 12.8 Å². The maximum Gasteiger partial charge on any atom is 0.00363 e. The lowest BCUT2D eigenvalue weighted by molar-refractivity contribution is 0.431. The molecule has 4 N–H and O–H groups in total. The summed E-state index contributed by atoms with van der Waals surface area (Å²) in [7, 11) is 0. The molecule has 68 valence electrons. The molecule has 0 aromatic heterocycles. The van der Waals surface area contributed by atoms with Crippen LogP contribution in [0.25, 0.3) is 0 Å². The second kappa shape index (κ2) is 6.62. The molecule has 0 radical (unpaired) electrons. The highest BCUT2D eigenvalue weighted by molar-refractivity contribution is 4.64. The zero-order valence-electron chi connectivity index (χ0n) is 7.84. The van der Waals surface area contributed by atoms with Crippen molar-refractivity contribution in [3.8, 4) is 0 Å². The van der Waals surface area contributed by atoms with Crippen molar-refractivity contribution in [3.63, 3.8) is 0 Å². The molecule has 0 saturated carbocycles. The molecule has 0 saturated heterocycles. The molecular weight excluding hydrogens is 136 g/mol. The van der Waals surface area contributed by atoms with E-state index in [-0.39, 0.29) is 0 Å². The molecule has 0 aliphatic rings. The summed E-state index contributed by atoms with van der Waals surface area (Å²) < 4.78 is 0. The van der Waals surface area contributed by atoms with Crippen LogP contribution in [-0.4, -0.2) is 12.6 Å². The van der Waals surface area contributed by atoms with Gasteiger partial charge in [0.1, 0.15) is 0 Å². The smallest absolute Gasteiger partial charge is 0.00363 e. The average Bonchev–Trinajstić information content (AvgIpc) is 2.06. The standard InChI is InChI=1S/C9H22N2/c1-3-8(7-10)5-6-9(11)4-2/h8-9H,3-7,10-11H2,1-2H3. The molecule has 0 bridgehead atoms. The maximum atomic E-state index is 5.79. The SMILES string of the molecule is CCC(N)CCC(CC)CN. The van der Waals surface area contributed by atoms with E-state index >= 15 is 0 Å². The number of nitrogens with two attached hydrogens (primary N) is 2. The third-order valence-corrected chi connectivity index (χ3v) is 2.38. The van der Waals surface area contributed by atoms with Gasteiger partial charge in [0, 0.05) is 6.04 Å². The summed E-state index contributed by atoms with van der Waals surface area (Å²) in [4.78, 5) is 0. The van der Waals surface area contributed by atoms with E-state index in [9.17, 15) is 0 Å².